The molecule has 3 rings (SSSR count). The van der Waals surface area contributed by atoms with Crippen molar-refractivity contribution in [3.8, 4) is 11.5 Å². The predicted molar refractivity (Wildman–Crippen MR) is 88.8 cm³/mol. The van der Waals surface area contributed by atoms with Crippen molar-refractivity contribution < 1.29 is 14.3 Å². The summed E-state index contributed by atoms with van der Waals surface area (Å²) < 4.78 is 10.8. The first-order chi connectivity index (χ1) is 11.2. The predicted octanol–water partition coefficient (Wildman–Crippen LogP) is 3.22. The van der Waals surface area contributed by atoms with Crippen molar-refractivity contribution in [1.29, 1.82) is 0 Å². The molecule has 0 aromatic heterocycles. The average Bonchev–Trinajstić information content (AvgIpc) is 2.61. The summed E-state index contributed by atoms with van der Waals surface area (Å²) in [5.74, 6) is 1.79. The van der Waals surface area contributed by atoms with E-state index in [9.17, 15) is 4.79 Å². The molecule has 0 spiro atoms. The molecule has 0 bridgehead atoms. The SMILES string of the molecule is COc1ccc(CC(=O)N(C)C2CCOc3ccccc32)cc1. The van der Waals surface area contributed by atoms with Crippen molar-refractivity contribution in [1.82, 2.24) is 4.90 Å². The number of benzene rings is 2. The Morgan fingerprint density at radius 2 is 1.96 bits per heavy atom. The molecule has 4 heteroatoms. The molecule has 120 valence electrons. The number of hydrogen-bond acceptors (Lipinski definition) is 3. The minimum absolute atomic E-state index is 0.0747. The summed E-state index contributed by atoms with van der Waals surface area (Å²) >= 11 is 0. The van der Waals surface area contributed by atoms with Gasteiger partial charge in [0.2, 0.25) is 5.91 Å². The average molecular weight is 311 g/mol. The van der Waals surface area contributed by atoms with Crippen LogP contribution < -0.4 is 9.47 Å². The second-order valence-corrected chi connectivity index (χ2v) is 5.72. The van der Waals surface area contributed by atoms with E-state index < -0.39 is 0 Å². The van der Waals surface area contributed by atoms with Gasteiger partial charge in [-0.15, -0.1) is 0 Å². The highest BCUT2D eigenvalue weighted by molar-refractivity contribution is 5.79. The number of ether oxygens (including phenoxy) is 2. The highest BCUT2D eigenvalue weighted by Crippen LogP contribution is 2.35. The van der Waals surface area contributed by atoms with Crippen LogP contribution >= 0.6 is 0 Å². The first-order valence-corrected chi connectivity index (χ1v) is 7.79. The normalized spacial score (nSPS) is 16.2. The molecular formula is C19H21NO3. The number of rotatable bonds is 4. The van der Waals surface area contributed by atoms with Crippen LogP contribution in [0, 0.1) is 0 Å². The van der Waals surface area contributed by atoms with Gasteiger partial charge >= 0.3 is 0 Å². The highest BCUT2D eigenvalue weighted by Gasteiger charge is 2.27. The second-order valence-electron chi connectivity index (χ2n) is 5.72. The quantitative estimate of drug-likeness (QED) is 0.870. The molecule has 0 N–H and O–H groups in total. The van der Waals surface area contributed by atoms with E-state index in [4.69, 9.17) is 9.47 Å². The third kappa shape index (κ3) is 3.31. The van der Waals surface area contributed by atoms with Crippen molar-refractivity contribution in [3.63, 3.8) is 0 Å². The van der Waals surface area contributed by atoms with E-state index in [-0.39, 0.29) is 11.9 Å². The van der Waals surface area contributed by atoms with Crippen LogP contribution in [0.2, 0.25) is 0 Å². The zero-order chi connectivity index (χ0) is 16.2. The second kappa shape index (κ2) is 6.73. The van der Waals surface area contributed by atoms with Crippen LogP contribution in [-0.2, 0) is 11.2 Å². The molecule has 1 unspecified atom stereocenters. The molecule has 0 saturated carbocycles. The van der Waals surface area contributed by atoms with E-state index in [1.54, 1.807) is 7.11 Å². The molecule has 23 heavy (non-hydrogen) atoms. The lowest BCUT2D eigenvalue weighted by Gasteiger charge is -2.33. The van der Waals surface area contributed by atoms with Gasteiger partial charge in [0.25, 0.3) is 0 Å². The lowest BCUT2D eigenvalue weighted by atomic mass is 9.98. The molecule has 1 amide bonds. The van der Waals surface area contributed by atoms with Crippen molar-refractivity contribution in [2.45, 2.75) is 18.9 Å². The first kappa shape index (κ1) is 15.4. The van der Waals surface area contributed by atoms with Crippen LogP contribution in [0.4, 0.5) is 0 Å². The van der Waals surface area contributed by atoms with Crippen molar-refractivity contribution in [2.75, 3.05) is 20.8 Å². The van der Waals surface area contributed by atoms with E-state index in [1.807, 2.05) is 60.5 Å². The lowest BCUT2D eigenvalue weighted by molar-refractivity contribution is -0.131. The van der Waals surface area contributed by atoms with Crippen LogP contribution in [0.1, 0.15) is 23.6 Å². The molecule has 1 aliphatic rings. The van der Waals surface area contributed by atoms with Gasteiger partial charge < -0.3 is 14.4 Å². The van der Waals surface area contributed by atoms with Gasteiger partial charge in [-0.05, 0) is 23.8 Å². The number of methoxy groups -OCH3 is 1. The number of hydrogen-bond donors (Lipinski definition) is 0. The Labute approximate surface area is 136 Å². The fraction of sp³-hybridized carbons (Fsp3) is 0.316. The molecular weight excluding hydrogens is 290 g/mol. The van der Waals surface area contributed by atoms with Gasteiger partial charge in [-0.2, -0.15) is 0 Å². The largest absolute Gasteiger partial charge is 0.497 e. The maximum atomic E-state index is 12.6. The number of nitrogens with zero attached hydrogens (tertiary/aromatic N) is 1. The summed E-state index contributed by atoms with van der Waals surface area (Å²) in [6.07, 6.45) is 1.21. The molecule has 4 nitrogen and oxygen atoms in total. The number of likely N-dealkylation sites (N-methyl/N-ethyl adjacent to an activating group) is 1. The minimum atomic E-state index is 0.0747. The summed E-state index contributed by atoms with van der Waals surface area (Å²) in [5.41, 5.74) is 2.08. The first-order valence-electron chi connectivity index (χ1n) is 7.79. The number of amides is 1. The van der Waals surface area contributed by atoms with Crippen molar-refractivity contribution in [2.24, 2.45) is 0 Å². The summed E-state index contributed by atoms with van der Waals surface area (Å²) in [6.45, 7) is 0.641. The minimum Gasteiger partial charge on any atom is -0.497 e. The van der Waals surface area contributed by atoms with Gasteiger partial charge in [0.05, 0.1) is 26.2 Å². The third-order valence-electron chi connectivity index (χ3n) is 4.30. The van der Waals surface area contributed by atoms with Gasteiger partial charge in [-0.25, -0.2) is 0 Å². The molecule has 0 saturated heterocycles. The van der Waals surface area contributed by atoms with Crippen molar-refractivity contribution in [3.05, 3.63) is 59.7 Å². The van der Waals surface area contributed by atoms with Gasteiger partial charge in [0.15, 0.2) is 0 Å². The number of para-hydroxylation sites is 1. The zero-order valence-corrected chi connectivity index (χ0v) is 13.5. The Morgan fingerprint density at radius 3 is 2.70 bits per heavy atom. The molecule has 0 aliphatic carbocycles. The lowest BCUT2D eigenvalue weighted by Crippen LogP contribution is -2.35. The molecule has 0 radical (unpaired) electrons. The van der Waals surface area contributed by atoms with E-state index in [0.717, 1.165) is 29.0 Å². The summed E-state index contributed by atoms with van der Waals surface area (Å²) in [7, 11) is 3.51. The smallest absolute Gasteiger partial charge is 0.227 e. The van der Waals surface area contributed by atoms with E-state index in [0.29, 0.717) is 13.0 Å². The molecule has 2 aromatic carbocycles. The Kier molecular flexibility index (Phi) is 4.51. The monoisotopic (exact) mass is 311 g/mol. The number of carbonyl (C=O) groups excluding carboxylic acids is 1. The standard InChI is InChI=1S/C19H21NO3/c1-20(17-11-12-23-18-6-4-3-5-16(17)18)19(21)13-14-7-9-15(22-2)10-8-14/h3-10,17H,11-13H2,1-2H3. The summed E-state index contributed by atoms with van der Waals surface area (Å²) in [6, 6.07) is 15.7. The van der Waals surface area contributed by atoms with Crippen LogP contribution in [0.15, 0.2) is 48.5 Å². The van der Waals surface area contributed by atoms with Gasteiger partial charge in [-0.3, -0.25) is 4.79 Å². The van der Waals surface area contributed by atoms with Gasteiger partial charge in [0, 0.05) is 19.0 Å². The maximum absolute atomic E-state index is 12.6. The zero-order valence-electron chi connectivity index (χ0n) is 13.5. The summed E-state index contributed by atoms with van der Waals surface area (Å²) in [5, 5.41) is 0. The summed E-state index contributed by atoms with van der Waals surface area (Å²) in [4.78, 5) is 14.5. The third-order valence-corrected chi connectivity index (χ3v) is 4.30. The van der Waals surface area contributed by atoms with Gasteiger partial charge in [0.1, 0.15) is 11.5 Å². The molecule has 0 fully saturated rings. The Bertz CT molecular complexity index is 681. The van der Waals surface area contributed by atoms with E-state index in [2.05, 4.69) is 0 Å². The molecule has 1 atom stereocenters. The fourth-order valence-corrected chi connectivity index (χ4v) is 2.94. The van der Waals surface area contributed by atoms with Crippen LogP contribution in [0.5, 0.6) is 11.5 Å². The molecule has 1 heterocycles. The maximum Gasteiger partial charge on any atom is 0.227 e. The van der Waals surface area contributed by atoms with Gasteiger partial charge in [-0.1, -0.05) is 30.3 Å². The Morgan fingerprint density at radius 1 is 1.22 bits per heavy atom. The van der Waals surface area contributed by atoms with E-state index in [1.165, 1.54) is 0 Å². The number of fused-ring (bicyclic) bond motifs is 1. The van der Waals surface area contributed by atoms with E-state index >= 15 is 0 Å². The Hall–Kier alpha value is -2.49. The fourth-order valence-electron chi connectivity index (χ4n) is 2.94. The topological polar surface area (TPSA) is 38.8 Å². The van der Waals surface area contributed by atoms with Crippen LogP contribution in [-0.4, -0.2) is 31.6 Å². The molecule has 1 aliphatic heterocycles. The Balaban J connectivity index is 1.72. The number of carbonyl (C=O) groups is 1. The highest BCUT2D eigenvalue weighted by atomic mass is 16.5. The van der Waals surface area contributed by atoms with Crippen molar-refractivity contribution >= 4 is 5.91 Å². The van der Waals surface area contributed by atoms with Crippen LogP contribution in [0.25, 0.3) is 0 Å². The van der Waals surface area contributed by atoms with Crippen LogP contribution in [0.3, 0.4) is 0 Å². The molecule has 2 aromatic rings.